The molecule has 0 aliphatic heterocycles. The van der Waals surface area contributed by atoms with Gasteiger partial charge in [0.25, 0.3) is 0 Å². The first kappa shape index (κ1) is 18.3. The summed E-state index contributed by atoms with van der Waals surface area (Å²) in [5, 5.41) is 9.60. The fraction of sp³-hybridized carbons (Fsp3) is 0.421. The molecule has 1 atom stereocenters. The summed E-state index contributed by atoms with van der Waals surface area (Å²) in [7, 11) is 0. The van der Waals surface area contributed by atoms with Gasteiger partial charge in [-0.2, -0.15) is 5.26 Å². The number of aromatic nitrogens is 2. The van der Waals surface area contributed by atoms with Crippen LogP contribution < -0.4 is 4.74 Å². The van der Waals surface area contributed by atoms with Crippen LogP contribution in [-0.4, -0.2) is 21.8 Å². The van der Waals surface area contributed by atoms with Crippen LogP contribution in [0.5, 0.6) is 5.75 Å². The lowest BCUT2D eigenvalue weighted by molar-refractivity contribution is 0.276. The monoisotopic (exact) mass is 341 g/mol. The maximum atomic E-state index is 8.77. The van der Waals surface area contributed by atoms with Gasteiger partial charge in [0.15, 0.2) is 11.3 Å². The Hall–Kier alpha value is -2.06. The van der Waals surface area contributed by atoms with Crippen LogP contribution in [0.4, 0.5) is 0 Å². The maximum Gasteiger partial charge on any atom is 0.187 e. The standard InChI is InChI=1S/C19H23N3OS/c1-3-4-5-6-11-24-19-21-13-17(14-22-19)16-7-9-18(10-8-16)23-15(2)12-20/h7-10,13-15H,3-6,11H2,1-2H3/t15-/m1/s1. The molecule has 0 amide bonds. The number of nitriles is 1. The van der Waals surface area contributed by atoms with E-state index in [2.05, 4.69) is 16.9 Å². The van der Waals surface area contributed by atoms with E-state index in [1.165, 1.54) is 25.7 Å². The molecule has 0 bridgehead atoms. The summed E-state index contributed by atoms with van der Waals surface area (Å²) in [6.45, 7) is 3.94. The maximum absolute atomic E-state index is 8.77. The number of benzene rings is 1. The number of unbranched alkanes of at least 4 members (excludes halogenated alkanes) is 3. The lowest BCUT2D eigenvalue weighted by atomic mass is 10.1. The summed E-state index contributed by atoms with van der Waals surface area (Å²) in [4.78, 5) is 8.87. The summed E-state index contributed by atoms with van der Waals surface area (Å²) < 4.78 is 5.45. The van der Waals surface area contributed by atoms with Crippen LogP contribution in [0.15, 0.2) is 41.8 Å². The molecule has 2 aromatic rings. The van der Waals surface area contributed by atoms with Gasteiger partial charge in [0.05, 0.1) is 0 Å². The number of ether oxygens (including phenoxy) is 1. The van der Waals surface area contributed by atoms with Gasteiger partial charge in [-0.3, -0.25) is 0 Å². The van der Waals surface area contributed by atoms with Crippen molar-refractivity contribution in [3.63, 3.8) is 0 Å². The smallest absolute Gasteiger partial charge is 0.187 e. The minimum Gasteiger partial charge on any atom is -0.476 e. The average Bonchev–Trinajstić information content (AvgIpc) is 2.63. The second-order valence-electron chi connectivity index (χ2n) is 5.58. The molecule has 0 N–H and O–H groups in total. The molecule has 1 heterocycles. The van der Waals surface area contributed by atoms with Gasteiger partial charge in [0.2, 0.25) is 0 Å². The van der Waals surface area contributed by atoms with E-state index in [1.807, 2.05) is 42.7 Å². The summed E-state index contributed by atoms with van der Waals surface area (Å²) in [6, 6.07) is 9.68. The largest absolute Gasteiger partial charge is 0.476 e. The fourth-order valence-electron chi connectivity index (χ4n) is 2.19. The Morgan fingerprint density at radius 3 is 2.42 bits per heavy atom. The highest BCUT2D eigenvalue weighted by atomic mass is 32.2. The van der Waals surface area contributed by atoms with Crippen molar-refractivity contribution in [3.8, 4) is 22.9 Å². The van der Waals surface area contributed by atoms with Crippen molar-refractivity contribution in [1.29, 1.82) is 5.26 Å². The normalized spacial score (nSPS) is 11.7. The van der Waals surface area contributed by atoms with Gasteiger partial charge >= 0.3 is 0 Å². The highest BCUT2D eigenvalue weighted by Crippen LogP contribution is 2.23. The van der Waals surface area contributed by atoms with Crippen molar-refractivity contribution < 1.29 is 4.74 Å². The Kier molecular flexibility index (Phi) is 7.57. The topological polar surface area (TPSA) is 58.8 Å². The second kappa shape index (κ2) is 9.94. The van der Waals surface area contributed by atoms with Crippen LogP contribution >= 0.6 is 11.8 Å². The highest BCUT2D eigenvalue weighted by molar-refractivity contribution is 7.99. The summed E-state index contributed by atoms with van der Waals surface area (Å²) in [5.74, 6) is 1.76. The number of thioether (sulfide) groups is 1. The van der Waals surface area contributed by atoms with E-state index >= 15 is 0 Å². The molecule has 0 aliphatic rings. The van der Waals surface area contributed by atoms with Crippen LogP contribution in [0.1, 0.15) is 39.5 Å². The van der Waals surface area contributed by atoms with Gasteiger partial charge in [0, 0.05) is 23.7 Å². The van der Waals surface area contributed by atoms with Crippen molar-refractivity contribution in [3.05, 3.63) is 36.7 Å². The molecule has 0 radical (unpaired) electrons. The number of nitrogens with zero attached hydrogens (tertiary/aromatic N) is 3. The molecular formula is C19H23N3OS. The molecule has 4 nitrogen and oxygen atoms in total. The van der Waals surface area contributed by atoms with Crippen LogP contribution in [0.2, 0.25) is 0 Å². The number of rotatable bonds is 9. The minimum absolute atomic E-state index is 0.451. The first-order chi connectivity index (χ1) is 11.7. The zero-order chi connectivity index (χ0) is 17.2. The number of hydrogen-bond donors (Lipinski definition) is 0. The molecule has 2 rings (SSSR count). The third-order valence-corrected chi connectivity index (χ3v) is 4.50. The molecule has 0 saturated carbocycles. The molecule has 0 unspecified atom stereocenters. The first-order valence-electron chi connectivity index (χ1n) is 8.34. The quantitative estimate of drug-likeness (QED) is 0.360. The Morgan fingerprint density at radius 2 is 1.79 bits per heavy atom. The van der Waals surface area contributed by atoms with Gasteiger partial charge in [-0.1, -0.05) is 50.1 Å². The highest BCUT2D eigenvalue weighted by Gasteiger charge is 2.04. The van der Waals surface area contributed by atoms with Crippen molar-refractivity contribution >= 4 is 11.8 Å². The molecule has 1 aromatic carbocycles. The molecule has 1 aromatic heterocycles. The summed E-state index contributed by atoms with van der Waals surface area (Å²) in [6.07, 6.45) is 8.31. The molecule has 0 spiro atoms. The fourth-order valence-corrected chi connectivity index (χ4v) is 2.97. The van der Waals surface area contributed by atoms with Gasteiger partial charge in [-0.05, 0) is 31.0 Å². The third kappa shape index (κ3) is 5.86. The van der Waals surface area contributed by atoms with Gasteiger partial charge in [-0.15, -0.1) is 0 Å². The molecular weight excluding hydrogens is 318 g/mol. The van der Waals surface area contributed by atoms with Gasteiger partial charge < -0.3 is 4.74 Å². The van der Waals surface area contributed by atoms with Crippen LogP contribution in [0.3, 0.4) is 0 Å². The van der Waals surface area contributed by atoms with Gasteiger partial charge in [-0.25, -0.2) is 9.97 Å². The van der Waals surface area contributed by atoms with E-state index in [0.717, 1.165) is 22.0 Å². The molecule has 24 heavy (non-hydrogen) atoms. The van der Waals surface area contributed by atoms with E-state index in [1.54, 1.807) is 18.7 Å². The molecule has 0 fully saturated rings. The zero-order valence-corrected chi connectivity index (χ0v) is 15.1. The lowest BCUT2D eigenvalue weighted by Crippen LogP contribution is -2.07. The summed E-state index contributed by atoms with van der Waals surface area (Å²) in [5.41, 5.74) is 2.01. The van der Waals surface area contributed by atoms with Crippen molar-refractivity contribution in [2.24, 2.45) is 0 Å². The second-order valence-corrected chi connectivity index (χ2v) is 6.64. The van der Waals surface area contributed by atoms with E-state index < -0.39 is 6.10 Å². The van der Waals surface area contributed by atoms with E-state index in [0.29, 0.717) is 5.75 Å². The van der Waals surface area contributed by atoms with Crippen LogP contribution in [0.25, 0.3) is 11.1 Å². The SMILES string of the molecule is CCCCCCSc1ncc(-c2ccc(O[C@H](C)C#N)cc2)cn1. The average molecular weight is 341 g/mol. The van der Waals surface area contributed by atoms with Crippen molar-refractivity contribution in [2.75, 3.05) is 5.75 Å². The van der Waals surface area contributed by atoms with Crippen LogP contribution in [-0.2, 0) is 0 Å². The molecule has 0 saturated heterocycles. The van der Waals surface area contributed by atoms with Crippen molar-refractivity contribution in [1.82, 2.24) is 9.97 Å². The first-order valence-corrected chi connectivity index (χ1v) is 9.33. The lowest BCUT2D eigenvalue weighted by Gasteiger charge is -2.08. The Morgan fingerprint density at radius 1 is 1.08 bits per heavy atom. The van der Waals surface area contributed by atoms with E-state index in [4.69, 9.17) is 10.00 Å². The van der Waals surface area contributed by atoms with Crippen molar-refractivity contribution in [2.45, 2.75) is 50.8 Å². The molecule has 5 heteroatoms. The summed E-state index contributed by atoms with van der Waals surface area (Å²) >= 11 is 1.71. The Balaban J connectivity index is 1.89. The minimum atomic E-state index is -0.451. The van der Waals surface area contributed by atoms with Gasteiger partial charge in [0.1, 0.15) is 11.8 Å². The Labute approximate surface area is 148 Å². The zero-order valence-electron chi connectivity index (χ0n) is 14.2. The molecule has 126 valence electrons. The predicted octanol–water partition coefficient (Wildman–Crippen LogP) is 5.11. The van der Waals surface area contributed by atoms with Crippen LogP contribution in [0, 0.1) is 11.3 Å². The Bertz CT molecular complexity index is 650. The predicted molar refractivity (Wildman–Crippen MR) is 98.0 cm³/mol. The van der Waals surface area contributed by atoms with E-state index in [9.17, 15) is 0 Å². The molecule has 0 aliphatic carbocycles. The van der Waals surface area contributed by atoms with E-state index in [-0.39, 0.29) is 0 Å². The third-order valence-electron chi connectivity index (χ3n) is 3.54. The number of hydrogen-bond acceptors (Lipinski definition) is 5.